The second-order valence-corrected chi connectivity index (χ2v) is 9.21. The van der Waals surface area contributed by atoms with Crippen LogP contribution in [-0.2, 0) is 28.9 Å². The molecule has 0 amide bonds. The zero-order valence-corrected chi connectivity index (χ0v) is 19.8. The summed E-state index contributed by atoms with van der Waals surface area (Å²) in [6, 6.07) is 9.42. The number of phosphoric ester groups is 1. The zero-order chi connectivity index (χ0) is 25.2. The van der Waals surface area contributed by atoms with E-state index in [0.29, 0.717) is 28.5 Å². The molecule has 0 aliphatic carbocycles. The lowest BCUT2D eigenvalue weighted by Gasteiger charge is -2.14. The summed E-state index contributed by atoms with van der Waals surface area (Å²) >= 11 is 0. The van der Waals surface area contributed by atoms with Gasteiger partial charge in [0, 0.05) is 17.4 Å². The summed E-state index contributed by atoms with van der Waals surface area (Å²) in [7, 11) is -4.77. The number of unbranched alkanes of at least 4 members (excludes halogenated alkanes) is 1. The van der Waals surface area contributed by atoms with Crippen molar-refractivity contribution < 1.29 is 28.8 Å². The van der Waals surface area contributed by atoms with E-state index in [-0.39, 0.29) is 30.4 Å². The number of imidazole rings is 1. The number of carbonyl (C=O) groups excluding carboxylic acids is 1. The Morgan fingerprint density at radius 2 is 2.00 bits per heavy atom. The van der Waals surface area contributed by atoms with Gasteiger partial charge in [-0.2, -0.15) is 0 Å². The average Bonchev–Trinajstić information content (AvgIpc) is 3.16. The molecule has 0 saturated carbocycles. The lowest BCUT2D eigenvalue weighted by atomic mass is 10.1. The van der Waals surface area contributed by atoms with E-state index < -0.39 is 7.82 Å². The highest BCUT2D eigenvalue weighted by Gasteiger charge is 2.20. The van der Waals surface area contributed by atoms with E-state index in [1.54, 1.807) is 12.1 Å². The number of hydrogen-bond donors (Lipinski definition) is 4. The molecule has 0 saturated heterocycles. The number of rotatable bonds is 9. The molecular formula is C23H24N5O6P. The molecule has 2 heterocycles. The van der Waals surface area contributed by atoms with Gasteiger partial charge in [-0.3, -0.25) is 9.79 Å². The van der Waals surface area contributed by atoms with Crippen LogP contribution in [0, 0.1) is 0 Å². The standard InChI is InChI=1S/C23H24N5O6P/c1-2-3-4-20-27-21-22(17-9-14(11-25-13-29)5-7-18(17)26-23(21)24)28(20)12-15-10-16(6-8-19(15)30)34-35(31,32)33/h5-10,30H,2-4,11-12H2,1H3,(H2,24,26)(H2,31,32,33). The Balaban J connectivity index is 1.93. The fourth-order valence-corrected chi connectivity index (χ4v) is 4.36. The van der Waals surface area contributed by atoms with E-state index in [1.807, 2.05) is 10.6 Å². The number of phenolic OH excluding ortho intramolecular Hbond substituents is 1. The van der Waals surface area contributed by atoms with Gasteiger partial charge in [0.15, 0.2) is 5.82 Å². The highest BCUT2D eigenvalue weighted by Crippen LogP contribution is 2.39. The molecule has 4 aromatic rings. The van der Waals surface area contributed by atoms with Crippen LogP contribution in [-0.4, -0.2) is 35.5 Å². The number of aliphatic imine (C=N–C) groups is 1. The normalized spacial score (nSPS) is 11.6. The van der Waals surface area contributed by atoms with Gasteiger partial charge in [-0.1, -0.05) is 19.4 Å². The fourth-order valence-electron chi connectivity index (χ4n) is 3.97. The molecular weight excluding hydrogens is 473 g/mol. The first kappa shape index (κ1) is 24.4. The molecule has 11 nitrogen and oxygen atoms in total. The Hall–Kier alpha value is -3.75. The van der Waals surface area contributed by atoms with E-state index in [1.165, 1.54) is 24.3 Å². The molecule has 182 valence electrons. The number of phenols is 1. The Kier molecular flexibility index (Phi) is 6.86. The summed E-state index contributed by atoms with van der Waals surface area (Å²) in [5.41, 5.74) is 9.22. The van der Waals surface area contributed by atoms with E-state index in [0.717, 1.165) is 29.6 Å². The van der Waals surface area contributed by atoms with Crippen LogP contribution in [0.15, 0.2) is 41.4 Å². The molecule has 0 fully saturated rings. The lowest BCUT2D eigenvalue weighted by Crippen LogP contribution is -2.06. The first-order chi connectivity index (χ1) is 16.7. The SMILES string of the molecule is CCCCc1nc2c(N)nc3ccc(CN=C=O)cc3c2n1Cc1cc(OP(=O)(O)O)ccc1O. The van der Waals surface area contributed by atoms with Gasteiger partial charge in [0.2, 0.25) is 6.08 Å². The number of hydrogen-bond acceptors (Lipinski definition) is 8. The summed E-state index contributed by atoms with van der Waals surface area (Å²) in [6.45, 7) is 2.35. The number of isocyanates is 1. The van der Waals surface area contributed by atoms with Crippen molar-refractivity contribution in [1.29, 1.82) is 0 Å². The number of aromatic nitrogens is 3. The maximum Gasteiger partial charge on any atom is 0.524 e. The molecule has 0 aliphatic heterocycles. The number of aryl methyl sites for hydroxylation is 1. The van der Waals surface area contributed by atoms with Crippen LogP contribution in [0.2, 0.25) is 0 Å². The van der Waals surface area contributed by atoms with E-state index in [4.69, 9.17) is 25.0 Å². The van der Waals surface area contributed by atoms with Crippen molar-refractivity contribution in [3.05, 3.63) is 53.3 Å². The van der Waals surface area contributed by atoms with Gasteiger partial charge in [-0.05, 0) is 42.3 Å². The third-order valence-electron chi connectivity index (χ3n) is 5.53. The van der Waals surface area contributed by atoms with Crippen molar-refractivity contribution in [2.24, 2.45) is 4.99 Å². The maximum atomic E-state index is 11.3. The maximum absolute atomic E-state index is 11.3. The summed E-state index contributed by atoms with van der Waals surface area (Å²) in [5, 5.41) is 11.3. The molecule has 4 rings (SSSR count). The number of benzene rings is 2. The molecule has 12 heteroatoms. The summed E-state index contributed by atoms with van der Waals surface area (Å²) in [6.07, 6.45) is 3.97. The number of phosphoric acid groups is 1. The van der Waals surface area contributed by atoms with E-state index in [9.17, 15) is 14.5 Å². The molecule has 0 unspecified atom stereocenters. The summed E-state index contributed by atoms with van der Waals surface area (Å²) in [4.78, 5) is 41.8. The van der Waals surface area contributed by atoms with Crippen molar-refractivity contribution in [2.75, 3.05) is 5.73 Å². The van der Waals surface area contributed by atoms with Gasteiger partial charge in [0.05, 0.1) is 24.1 Å². The van der Waals surface area contributed by atoms with E-state index in [2.05, 4.69) is 16.9 Å². The third-order valence-corrected chi connectivity index (χ3v) is 5.98. The number of fused-ring (bicyclic) bond motifs is 3. The topological polar surface area (TPSA) is 173 Å². The molecule has 0 atom stereocenters. The number of aromatic hydroxyl groups is 1. The van der Waals surface area contributed by atoms with Gasteiger partial charge in [-0.25, -0.2) is 24.3 Å². The molecule has 0 spiro atoms. The van der Waals surface area contributed by atoms with Crippen LogP contribution in [0.3, 0.4) is 0 Å². The van der Waals surface area contributed by atoms with Gasteiger partial charge >= 0.3 is 7.82 Å². The van der Waals surface area contributed by atoms with Crippen molar-refractivity contribution in [3.8, 4) is 11.5 Å². The Morgan fingerprint density at radius 1 is 1.20 bits per heavy atom. The molecule has 0 radical (unpaired) electrons. The Morgan fingerprint density at radius 3 is 2.71 bits per heavy atom. The van der Waals surface area contributed by atoms with Crippen molar-refractivity contribution in [3.63, 3.8) is 0 Å². The average molecular weight is 497 g/mol. The second-order valence-electron chi connectivity index (χ2n) is 8.04. The van der Waals surface area contributed by atoms with Crippen LogP contribution < -0.4 is 10.3 Å². The molecule has 2 aromatic carbocycles. The first-order valence-electron chi connectivity index (χ1n) is 10.9. The van der Waals surface area contributed by atoms with Crippen LogP contribution in [0.4, 0.5) is 5.82 Å². The number of pyridine rings is 1. The van der Waals surface area contributed by atoms with Gasteiger partial charge in [0.25, 0.3) is 0 Å². The molecule has 35 heavy (non-hydrogen) atoms. The quantitative estimate of drug-likeness (QED) is 0.153. The molecule has 0 bridgehead atoms. The highest BCUT2D eigenvalue weighted by atomic mass is 31.2. The van der Waals surface area contributed by atoms with Gasteiger partial charge in [0.1, 0.15) is 22.8 Å². The number of nitrogens with zero attached hydrogens (tertiary/aromatic N) is 4. The monoisotopic (exact) mass is 497 g/mol. The van der Waals surface area contributed by atoms with Crippen molar-refractivity contribution in [1.82, 2.24) is 14.5 Å². The fraction of sp³-hybridized carbons (Fsp3) is 0.261. The molecule has 2 aromatic heterocycles. The first-order valence-corrected chi connectivity index (χ1v) is 12.4. The van der Waals surface area contributed by atoms with Gasteiger partial charge in [-0.15, -0.1) is 0 Å². The van der Waals surface area contributed by atoms with Crippen molar-refractivity contribution in [2.45, 2.75) is 39.3 Å². The predicted molar refractivity (Wildman–Crippen MR) is 130 cm³/mol. The van der Waals surface area contributed by atoms with Crippen LogP contribution >= 0.6 is 7.82 Å². The van der Waals surface area contributed by atoms with Crippen molar-refractivity contribution >= 4 is 41.7 Å². The van der Waals surface area contributed by atoms with Crippen LogP contribution in [0.5, 0.6) is 11.5 Å². The number of anilines is 1. The summed E-state index contributed by atoms with van der Waals surface area (Å²) in [5.74, 6) is 0.828. The third kappa shape index (κ3) is 5.34. The van der Waals surface area contributed by atoms with Crippen LogP contribution in [0.25, 0.3) is 21.9 Å². The van der Waals surface area contributed by atoms with Crippen LogP contribution in [0.1, 0.15) is 36.7 Å². The minimum absolute atomic E-state index is 0.0707. The number of nitrogen functional groups attached to an aromatic ring is 1. The smallest absolute Gasteiger partial charge is 0.508 e. The number of nitrogens with two attached hydrogens (primary N) is 1. The molecule has 0 aliphatic rings. The minimum Gasteiger partial charge on any atom is -0.508 e. The van der Waals surface area contributed by atoms with E-state index >= 15 is 0 Å². The zero-order valence-electron chi connectivity index (χ0n) is 18.9. The van der Waals surface area contributed by atoms with Gasteiger partial charge < -0.3 is 19.9 Å². The largest absolute Gasteiger partial charge is 0.524 e. The second kappa shape index (κ2) is 9.85. The Bertz CT molecular complexity index is 1510. The minimum atomic E-state index is -4.77. The Labute approximate surface area is 200 Å². The highest BCUT2D eigenvalue weighted by molar-refractivity contribution is 7.46. The lowest BCUT2D eigenvalue weighted by molar-refractivity contribution is 0.283. The summed E-state index contributed by atoms with van der Waals surface area (Å²) < 4.78 is 17.9. The predicted octanol–water partition coefficient (Wildman–Crippen LogP) is 3.57. The molecule has 5 N–H and O–H groups in total.